The Morgan fingerprint density at radius 1 is 0.800 bits per heavy atom. The third-order valence-electron chi connectivity index (χ3n) is 3.44. The Kier molecular flexibility index (Phi) is 3.60. The monoisotopic (exact) mass is 259 g/mol. The molecule has 2 aromatic carbocycles. The summed E-state index contributed by atoms with van der Waals surface area (Å²) in [7, 11) is 0. The molecule has 1 nitrogen and oxygen atoms in total. The van der Waals surface area contributed by atoms with E-state index in [9.17, 15) is 0 Å². The van der Waals surface area contributed by atoms with Gasteiger partial charge in [0.05, 0.1) is 5.71 Å². The van der Waals surface area contributed by atoms with E-state index in [1.807, 2.05) is 12.1 Å². The highest BCUT2D eigenvalue weighted by Gasteiger charge is 2.08. The fraction of sp³-hybridized carbons (Fsp3) is 0.105. The highest BCUT2D eigenvalue weighted by atomic mass is 14.7. The molecule has 0 saturated carbocycles. The van der Waals surface area contributed by atoms with Crippen molar-refractivity contribution >= 4 is 11.3 Å². The lowest BCUT2D eigenvalue weighted by molar-refractivity contribution is 1.25. The summed E-state index contributed by atoms with van der Waals surface area (Å²) >= 11 is 0. The van der Waals surface area contributed by atoms with Crippen LogP contribution in [0.2, 0.25) is 0 Å². The van der Waals surface area contributed by atoms with Gasteiger partial charge in [0.25, 0.3) is 0 Å². The minimum atomic E-state index is 0.926. The molecule has 0 aliphatic carbocycles. The predicted octanol–water partition coefficient (Wildman–Crippen LogP) is 4.87. The fourth-order valence-electron chi connectivity index (χ4n) is 2.36. The summed E-state index contributed by atoms with van der Waals surface area (Å²) in [6.07, 6.45) is 5.32. The highest BCUT2D eigenvalue weighted by Crippen LogP contribution is 2.23. The zero-order valence-corrected chi connectivity index (χ0v) is 11.6. The van der Waals surface area contributed by atoms with Crippen LogP contribution >= 0.6 is 0 Å². The summed E-state index contributed by atoms with van der Waals surface area (Å²) in [5.41, 5.74) is 5.85. The van der Waals surface area contributed by atoms with Crippen molar-refractivity contribution in [1.82, 2.24) is 0 Å². The fourth-order valence-corrected chi connectivity index (χ4v) is 2.36. The largest absolute Gasteiger partial charge is 0.253 e. The second-order valence-corrected chi connectivity index (χ2v) is 4.95. The number of benzene rings is 2. The Labute approximate surface area is 120 Å². The minimum Gasteiger partial charge on any atom is -0.253 e. The Balaban J connectivity index is 2.06. The Morgan fingerprint density at radius 2 is 1.40 bits per heavy atom. The van der Waals surface area contributed by atoms with Gasteiger partial charge in [-0.2, -0.15) is 0 Å². The first-order chi connectivity index (χ1) is 9.83. The first-order valence-corrected chi connectivity index (χ1v) is 6.90. The molecule has 0 aromatic heterocycles. The van der Waals surface area contributed by atoms with E-state index in [4.69, 9.17) is 4.99 Å². The number of allylic oxidation sites excluding steroid dienone is 4. The second-order valence-electron chi connectivity index (χ2n) is 4.95. The molecule has 3 rings (SSSR count). The van der Waals surface area contributed by atoms with Crippen molar-refractivity contribution in [2.75, 3.05) is 0 Å². The molecule has 1 heteroatoms. The van der Waals surface area contributed by atoms with Gasteiger partial charge in [-0.1, -0.05) is 66.7 Å². The molecule has 0 radical (unpaired) electrons. The molecule has 0 atom stereocenters. The van der Waals surface area contributed by atoms with Crippen LogP contribution in [0.4, 0.5) is 0 Å². The quantitative estimate of drug-likeness (QED) is 0.729. The molecule has 20 heavy (non-hydrogen) atoms. The smallest absolute Gasteiger partial charge is 0.0708 e. The van der Waals surface area contributed by atoms with Gasteiger partial charge >= 0.3 is 0 Å². The van der Waals surface area contributed by atoms with Crippen molar-refractivity contribution in [2.24, 2.45) is 4.99 Å². The summed E-state index contributed by atoms with van der Waals surface area (Å²) in [4.78, 5) is 4.72. The van der Waals surface area contributed by atoms with Crippen molar-refractivity contribution in [3.63, 3.8) is 0 Å². The lowest BCUT2D eigenvalue weighted by Crippen LogP contribution is -1.97. The number of hydrogen-bond donors (Lipinski definition) is 0. The number of rotatable bonds is 2. The maximum absolute atomic E-state index is 4.72. The zero-order chi connectivity index (χ0) is 13.8. The van der Waals surface area contributed by atoms with Gasteiger partial charge in [-0.15, -0.1) is 0 Å². The van der Waals surface area contributed by atoms with Crippen LogP contribution in [0.25, 0.3) is 5.57 Å². The Morgan fingerprint density at radius 3 is 2.05 bits per heavy atom. The summed E-state index contributed by atoms with van der Waals surface area (Å²) in [5.74, 6) is 0. The molecule has 0 N–H and O–H groups in total. The summed E-state index contributed by atoms with van der Waals surface area (Å²) in [6, 6.07) is 20.9. The third-order valence-corrected chi connectivity index (χ3v) is 3.44. The van der Waals surface area contributed by atoms with Gasteiger partial charge in [-0.05, 0) is 30.6 Å². The van der Waals surface area contributed by atoms with E-state index in [0.717, 1.165) is 23.4 Å². The molecule has 1 aliphatic heterocycles. The average Bonchev–Trinajstić information content (AvgIpc) is 2.71. The Hall–Kier alpha value is -2.41. The predicted molar refractivity (Wildman–Crippen MR) is 85.8 cm³/mol. The molecule has 0 amide bonds. The number of hydrogen-bond acceptors (Lipinski definition) is 1. The molecular weight excluding hydrogens is 242 g/mol. The maximum Gasteiger partial charge on any atom is 0.0708 e. The number of aliphatic imine (C=N–C) groups is 1. The summed E-state index contributed by atoms with van der Waals surface area (Å²) in [6.45, 7) is 2.06. The first kappa shape index (κ1) is 12.6. The van der Waals surface area contributed by atoms with Crippen LogP contribution in [0, 0.1) is 0 Å². The zero-order valence-electron chi connectivity index (χ0n) is 11.6. The molecule has 0 saturated heterocycles. The van der Waals surface area contributed by atoms with Gasteiger partial charge in [0.1, 0.15) is 0 Å². The van der Waals surface area contributed by atoms with Gasteiger partial charge in [0, 0.05) is 11.3 Å². The SMILES string of the molecule is CC1=CCC(c2ccccc2)=CC(c2ccccc2)=N1. The lowest BCUT2D eigenvalue weighted by atomic mass is 9.99. The molecule has 2 aromatic rings. The molecule has 0 fully saturated rings. The topological polar surface area (TPSA) is 12.4 Å². The summed E-state index contributed by atoms with van der Waals surface area (Å²) < 4.78 is 0. The van der Waals surface area contributed by atoms with Crippen LogP contribution in [-0.4, -0.2) is 5.71 Å². The van der Waals surface area contributed by atoms with Crippen LogP contribution in [0.3, 0.4) is 0 Å². The molecule has 98 valence electrons. The Bertz CT molecular complexity index is 676. The molecular formula is C19H17N. The molecule has 0 bridgehead atoms. The highest BCUT2D eigenvalue weighted by molar-refractivity contribution is 6.13. The van der Waals surface area contributed by atoms with Gasteiger partial charge in [0.2, 0.25) is 0 Å². The van der Waals surface area contributed by atoms with E-state index in [1.165, 1.54) is 11.1 Å². The molecule has 0 unspecified atom stereocenters. The van der Waals surface area contributed by atoms with E-state index in [0.29, 0.717) is 0 Å². The van der Waals surface area contributed by atoms with E-state index < -0.39 is 0 Å². The minimum absolute atomic E-state index is 0.926. The normalized spacial score (nSPS) is 14.9. The lowest BCUT2D eigenvalue weighted by Gasteiger charge is -2.05. The van der Waals surface area contributed by atoms with Crippen molar-refractivity contribution in [1.29, 1.82) is 0 Å². The first-order valence-electron chi connectivity index (χ1n) is 6.90. The van der Waals surface area contributed by atoms with Crippen LogP contribution in [0.5, 0.6) is 0 Å². The van der Waals surface area contributed by atoms with Crippen molar-refractivity contribution in [3.05, 3.63) is 89.6 Å². The van der Waals surface area contributed by atoms with Gasteiger partial charge in [0.15, 0.2) is 0 Å². The molecule has 0 spiro atoms. The van der Waals surface area contributed by atoms with Crippen LogP contribution in [0.15, 0.2) is 83.5 Å². The third kappa shape index (κ3) is 2.77. The van der Waals surface area contributed by atoms with E-state index >= 15 is 0 Å². The van der Waals surface area contributed by atoms with Crippen LogP contribution in [-0.2, 0) is 0 Å². The molecule has 1 aliphatic rings. The van der Waals surface area contributed by atoms with Crippen LogP contribution < -0.4 is 0 Å². The van der Waals surface area contributed by atoms with E-state index in [1.54, 1.807) is 0 Å². The van der Waals surface area contributed by atoms with Crippen molar-refractivity contribution < 1.29 is 0 Å². The van der Waals surface area contributed by atoms with Gasteiger partial charge in [-0.25, -0.2) is 0 Å². The van der Waals surface area contributed by atoms with Crippen molar-refractivity contribution in [2.45, 2.75) is 13.3 Å². The average molecular weight is 259 g/mol. The van der Waals surface area contributed by atoms with Crippen molar-refractivity contribution in [3.8, 4) is 0 Å². The van der Waals surface area contributed by atoms with E-state index in [-0.39, 0.29) is 0 Å². The number of nitrogens with zero attached hydrogens (tertiary/aromatic N) is 1. The van der Waals surface area contributed by atoms with Gasteiger partial charge in [-0.3, -0.25) is 4.99 Å². The van der Waals surface area contributed by atoms with Gasteiger partial charge < -0.3 is 0 Å². The standard InChI is InChI=1S/C19H17N/c1-15-12-13-18(16-8-4-2-5-9-16)14-19(20-15)17-10-6-3-7-11-17/h2-12,14H,13H2,1H3. The summed E-state index contributed by atoms with van der Waals surface area (Å²) in [5, 5.41) is 0. The second kappa shape index (κ2) is 5.70. The maximum atomic E-state index is 4.72. The van der Waals surface area contributed by atoms with Crippen LogP contribution in [0.1, 0.15) is 24.5 Å². The van der Waals surface area contributed by atoms with E-state index in [2.05, 4.69) is 67.6 Å². The molecule has 1 heterocycles.